The van der Waals surface area contributed by atoms with E-state index in [0.717, 1.165) is 5.56 Å². The number of carbonyl (C=O) groups is 1. The van der Waals surface area contributed by atoms with Crippen molar-refractivity contribution in [3.8, 4) is 0 Å². The first kappa shape index (κ1) is 10.8. The molecule has 1 unspecified atom stereocenters. The number of hydrogen-bond donors (Lipinski definition) is 1. The molecule has 1 atom stereocenters. The van der Waals surface area contributed by atoms with E-state index in [1.807, 2.05) is 26.0 Å². The maximum Gasteiger partial charge on any atom is 0.303 e. The Morgan fingerprint density at radius 2 is 2.00 bits per heavy atom. The summed E-state index contributed by atoms with van der Waals surface area (Å²) in [4.78, 5) is 10.5. The molecular formula is C12H16O2. The molecule has 0 aliphatic heterocycles. The minimum absolute atomic E-state index is 0.0896. The molecule has 1 aromatic carbocycles. The van der Waals surface area contributed by atoms with Crippen LogP contribution in [0.4, 0.5) is 0 Å². The summed E-state index contributed by atoms with van der Waals surface area (Å²) in [5, 5.41) is 8.67. The second-order valence-corrected chi connectivity index (χ2v) is 3.84. The molecule has 0 heterocycles. The molecule has 0 amide bonds. The summed E-state index contributed by atoms with van der Waals surface area (Å²) >= 11 is 0. The Hall–Kier alpha value is -1.31. The van der Waals surface area contributed by atoms with E-state index in [2.05, 4.69) is 13.0 Å². The SMILES string of the molecule is Cc1ccc(C(C)CC(=O)O)cc1C. The Morgan fingerprint density at radius 3 is 2.50 bits per heavy atom. The van der Waals surface area contributed by atoms with Gasteiger partial charge in [-0.25, -0.2) is 0 Å². The molecule has 76 valence electrons. The number of aryl methyl sites for hydroxylation is 2. The third-order valence-electron chi connectivity index (χ3n) is 2.58. The number of carboxylic acid groups (broad SMARTS) is 1. The zero-order valence-corrected chi connectivity index (χ0v) is 8.87. The third kappa shape index (κ3) is 2.59. The third-order valence-corrected chi connectivity index (χ3v) is 2.58. The maximum atomic E-state index is 10.5. The molecule has 0 aromatic heterocycles. The molecule has 0 spiro atoms. The normalized spacial score (nSPS) is 12.5. The number of benzene rings is 1. The molecule has 0 bridgehead atoms. The molecule has 0 radical (unpaired) electrons. The van der Waals surface area contributed by atoms with Gasteiger partial charge >= 0.3 is 5.97 Å². The quantitative estimate of drug-likeness (QED) is 0.799. The summed E-state index contributed by atoms with van der Waals surface area (Å²) in [5.74, 6) is -0.650. The monoisotopic (exact) mass is 192 g/mol. The molecule has 0 saturated heterocycles. The number of carboxylic acids is 1. The molecule has 2 nitrogen and oxygen atoms in total. The Kier molecular flexibility index (Phi) is 3.28. The van der Waals surface area contributed by atoms with Gasteiger partial charge in [0.15, 0.2) is 0 Å². The highest BCUT2D eigenvalue weighted by molar-refractivity contribution is 5.68. The lowest BCUT2D eigenvalue weighted by Crippen LogP contribution is -2.03. The van der Waals surface area contributed by atoms with E-state index in [9.17, 15) is 4.79 Å². The predicted molar refractivity (Wildman–Crippen MR) is 56.6 cm³/mol. The molecular weight excluding hydrogens is 176 g/mol. The van der Waals surface area contributed by atoms with E-state index in [-0.39, 0.29) is 12.3 Å². The summed E-state index contributed by atoms with van der Waals surface area (Å²) in [5.41, 5.74) is 3.58. The Labute approximate surface area is 84.6 Å². The first-order valence-corrected chi connectivity index (χ1v) is 4.79. The molecule has 1 aromatic rings. The molecule has 1 N–H and O–H groups in total. The van der Waals surface area contributed by atoms with Gasteiger partial charge in [-0.2, -0.15) is 0 Å². The van der Waals surface area contributed by atoms with E-state index >= 15 is 0 Å². The number of rotatable bonds is 3. The van der Waals surface area contributed by atoms with Crippen molar-refractivity contribution in [2.45, 2.75) is 33.1 Å². The van der Waals surface area contributed by atoms with Gasteiger partial charge < -0.3 is 5.11 Å². The van der Waals surface area contributed by atoms with Crippen molar-refractivity contribution in [3.63, 3.8) is 0 Å². The fraction of sp³-hybridized carbons (Fsp3) is 0.417. The lowest BCUT2D eigenvalue weighted by Gasteiger charge is -2.10. The topological polar surface area (TPSA) is 37.3 Å². The van der Waals surface area contributed by atoms with E-state index in [0.29, 0.717) is 0 Å². The Bertz CT molecular complexity index is 342. The van der Waals surface area contributed by atoms with Crippen LogP contribution in [0.1, 0.15) is 36.0 Å². The van der Waals surface area contributed by atoms with Gasteiger partial charge in [-0.15, -0.1) is 0 Å². The van der Waals surface area contributed by atoms with Crippen molar-refractivity contribution in [3.05, 3.63) is 34.9 Å². The lowest BCUT2D eigenvalue weighted by atomic mass is 9.95. The molecule has 0 aliphatic carbocycles. The first-order valence-electron chi connectivity index (χ1n) is 4.79. The summed E-state index contributed by atoms with van der Waals surface area (Å²) in [6.45, 7) is 6.05. The van der Waals surface area contributed by atoms with Crippen LogP contribution >= 0.6 is 0 Å². The van der Waals surface area contributed by atoms with Crippen LogP contribution in [-0.4, -0.2) is 11.1 Å². The van der Waals surface area contributed by atoms with Crippen molar-refractivity contribution in [1.82, 2.24) is 0 Å². The van der Waals surface area contributed by atoms with Crippen LogP contribution in [0, 0.1) is 13.8 Å². The number of aliphatic carboxylic acids is 1. The minimum atomic E-state index is -0.740. The van der Waals surface area contributed by atoms with E-state index in [1.54, 1.807) is 0 Å². The smallest absolute Gasteiger partial charge is 0.303 e. The lowest BCUT2D eigenvalue weighted by molar-refractivity contribution is -0.137. The van der Waals surface area contributed by atoms with E-state index in [4.69, 9.17) is 5.11 Å². The summed E-state index contributed by atoms with van der Waals surface area (Å²) in [6, 6.07) is 6.13. The van der Waals surface area contributed by atoms with Crippen molar-refractivity contribution in [2.24, 2.45) is 0 Å². The minimum Gasteiger partial charge on any atom is -0.481 e. The van der Waals surface area contributed by atoms with Crippen molar-refractivity contribution in [1.29, 1.82) is 0 Å². The van der Waals surface area contributed by atoms with Crippen LogP contribution in [0.2, 0.25) is 0 Å². The molecule has 1 rings (SSSR count). The number of hydrogen-bond acceptors (Lipinski definition) is 1. The molecule has 0 fully saturated rings. The Morgan fingerprint density at radius 1 is 1.36 bits per heavy atom. The zero-order chi connectivity index (χ0) is 10.7. The average molecular weight is 192 g/mol. The second kappa shape index (κ2) is 4.27. The summed E-state index contributed by atoms with van der Waals surface area (Å²) in [7, 11) is 0. The van der Waals surface area contributed by atoms with Crippen LogP contribution in [-0.2, 0) is 4.79 Å². The van der Waals surface area contributed by atoms with Crippen molar-refractivity contribution < 1.29 is 9.90 Å². The summed E-state index contributed by atoms with van der Waals surface area (Å²) < 4.78 is 0. The fourth-order valence-electron chi connectivity index (χ4n) is 1.45. The fourth-order valence-corrected chi connectivity index (χ4v) is 1.45. The van der Waals surface area contributed by atoms with Gasteiger partial charge in [0.1, 0.15) is 0 Å². The maximum absolute atomic E-state index is 10.5. The largest absolute Gasteiger partial charge is 0.481 e. The molecule has 0 aliphatic rings. The van der Waals surface area contributed by atoms with Gasteiger partial charge in [-0.05, 0) is 36.5 Å². The van der Waals surface area contributed by atoms with Gasteiger partial charge in [-0.3, -0.25) is 4.79 Å². The molecule has 0 saturated carbocycles. The van der Waals surface area contributed by atoms with Crippen LogP contribution < -0.4 is 0 Å². The van der Waals surface area contributed by atoms with Gasteiger partial charge in [0.2, 0.25) is 0 Å². The van der Waals surface area contributed by atoms with E-state index in [1.165, 1.54) is 11.1 Å². The van der Waals surface area contributed by atoms with Crippen molar-refractivity contribution in [2.75, 3.05) is 0 Å². The van der Waals surface area contributed by atoms with Crippen LogP contribution in [0.15, 0.2) is 18.2 Å². The van der Waals surface area contributed by atoms with E-state index < -0.39 is 5.97 Å². The van der Waals surface area contributed by atoms with Gasteiger partial charge in [0.05, 0.1) is 6.42 Å². The standard InChI is InChI=1S/C12H16O2/c1-8-4-5-11(6-9(8)2)10(3)7-12(13)14/h4-6,10H,7H2,1-3H3,(H,13,14). The highest BCUT2D eigenvalue weighted by atomic mass is 16.4. The molecule has 2 heteroatoms. The average Bonchev–Trinajstić information content (AvgIpc) is 2.08. The van der Waals surface area contributed by atoms with Crippen LogP contribution in [0.25, 0.3) is 0 Å². The first-order chi connectivity index (χ1) is 6.50. The Balaban J connectivity index is 2.85. The van der Waals surface area contributed by atoms with Crippen LogP contribution in [0.5, 0.6) is 0 Å². The zero-order valence-electron chi connectivity index (χ0n) is 8.87. The second-order valence-electron chi connectivity index (χ2n) is 3.84. The van der Waals surface area contributed by atoms with Crippen molar-refractivity contribution >= 4 is 5.97 Å². The summed E-state index contributed by atoms with van der Waals surface area (Å²) in [6.07, 6.45) is 0.197. The molecule has 14 heavy (non-hydrogen) atoms. The highest BCUT2D eigenvalue weighted by Crippen LogP contribution is 2.21. The van der Waals surface area contributed by atoms with Gasteiger partial charge in [0, 0.05) is 0 Å². The highest BCUT2D eigenvalue weighted by Gasteiger charge is 2.10. The predicted octanol–water partition coefficient (Wildman–Crippen LogP) is 2.88. The van der Waals surface area contributed by atoms with Crippen LogP contribution in [0.3, 0.4) is 0 Å². The van der Waals surface area contributed by atoms with Gasteiger partial charge in [-0.1, -0.05) is 25.1 Å². The van der Waals surface area contributed by atoms with Gasteiger partial charge in [0.25, 0.3) is 0 Å².